The Kier molecular flexibility index (Phi) is 4.56. The number of para-hydroxylation sites is 1. The number of carbonyl (C=O) groups excluding carboxylic acids is 1. The van der Waals surface area contributed by atoms with E-state index in [2.05, 4.69) is 22.5 Å². The molecule has 15 heavy (non-hydrogen) atoms. The van der Waals surface area contributed by atoms with Crippen LogP contribution >= 0.6 is 15.9 Å². The van der Waals surface area contributed by atoms with Gasteiger partial charge >= 0.3 is 0 Å². The van der Waals surface area contributed by atoms with Crippen molar-refractivity contribution in [3.05, 3.63) is 40.4 Å². The van der Waals surface area contributed by atoms with Gasteiger partial charge in [-0.25, -0.2) is 0 Å². The third-order valence-corrected chi connectivity index (χ3v) is 2.52. The number of aldehydes is 1. The van der Waals surface area contributed by atoms with Crippen LogP contribution in [0.5, 0.6) is 5.75 Å². The molecule has 0 radical (unpaired) electrons. The lowest BCUT2D eigenvalue weighted by molar-refractivity contribution is 0.111. The van der Waals surface area contributed by atoms with Gasteiger partial charge in [0.25, 0.3) is 0 Å². The Hall–Kier alpha value is -1.09. The van der Waals surface area contributed by atoms with Gasteiger partial charge in [-0.1, -0.05) is 11.6 Å². The lowest BCUT2D eigenvalue weighted by atomic mass is 10.2. The molecular weight excluding hydrogens is 256 g/mol. The Morgan fingerprint density at radius 1 is 1.60 bits per heavy atom. The third kappa shape index (κ3) is 3.51. The van der Waals surface area contributed by atoms with E-state index in [9.17, 15) is 4.79 Å². The Labute approximate surface area is 98.1 Å². The molecule has 0 saturated carbocycles. The van der Waals surface area contributed by atoms with Gasteiger partial charge in [0.1, 0.15) is 5.75 Å². The van der Waals surface area contributed by atoms with Crippen LogP contribution in [0.4, 0.5) is 0 Å². The van der Waals surface area contributed by atoms with Crippen LogP contribution in [0.3, 0.4) is 0 Å². The molecule has 0 fully saturated rings. The topological polar surface area (TPSA) is 26.3 Å². The standard InChI is InChI=1S/C12H13BrO2/c1-9(2)6-7-15-12-10(8-14)4-3-5-11(12)13/h3-5,8H,1,6-7H2,2H3. The molecule has 0 N–H and O–H groups in total. The fourth-order valence-electron chi connectivity index (χ4n) is 1.10. The van der Waals surface area contributed by atoms with E-state index in [1.165, 1.54) is 0 Å². The third-order valence-electron chi connectivity index (χ3n) is 1.90. The molecule has 0 aliphatic heterocycles. The number of hydrogen-bond acceptors (Lipinski definition) is 2. The molecular formula is C12H13BrO2. The number of carbonyl (C=O) groups is 1. The van der Waals surface area contributed by atoms with Gasteiger partial charge in [0, 0.05) is 6.42 Å². The molecule has 0 aliphatic rings. The second-order valence-corrected chi connectivity index (χ2v) is 4.19. The van der Waals surface area contributed by atoms with Crippen LogP contribution < -0.4 is 4.74 Å². The Morgan fingerprint density at radius 3 is 2.93 bits per heavy atom. The molecule has 0 aromatic heterocycles. The van der Waals surface area contributed by atoms with E-state index in [-0.39, 0.29) is 0 Å². The quantitative estimate of drug-likeness (QED) is 0.603. The average molecular weight is 269 g/mol. The molecule has 0 spiro atoms. The van der Waals surface area contributed by atoms with Crippen molar-refractivity contribution in [2.75, 3.05) is 6.61 Å². The van der Waals surface area contributed by atoms with Gasteiger partial charge in [-0.05, 0) is 35.0 Å². The van der Waals surface area contributed by atoms with Crippen molar-refractivity contribution in [1.29, 1.82) is 0 Å². The lowest BCUT2D eigenvalue weighted by Crippen LogP contribution is -2.00. The zero-order valence-electron chi connectivity index (χ0n) is 8.63. The first-order chi connectivity index (χ1) is 7.15. The minimum Gasteiger partial charge on any atom is -0.491 e. The summed E-state index contributed by atoms with van der Waals surface area (Å²) in [5, 5.41) is 0. The zero-order chi connectivity index (χ0) is 11.3. The number of halogens is 1. The molecule has 0 atom stereocenters. The number of hydrogen-bond donors (Lipinski definition) is 0. The first kappa shape index (κ1) is 12.0. The van der Waals surface area contributed by atoms with Crippen LogP contribution in [0, 0.1) is 0 Å². The van der Waals surface area contributed by atoms with Gasteiger partial charge in [-0.15, -0.1) is 6.58 Å². The summed E-state index contributed by atoms with van der Waals surface area (Å²) in [5.74, 6) is 0.605. The SMILES string of the molecule is C=C(C)CCOc1c(Br)cccc1C=O. The van der Waals surface area contributed by atoms with Crippen molar-refractivity contribution >= 4 is 22.2 Å². The number of ether oxygens (including phenoxy) is 1. The van der Waals surface area contributed by atoms with Crippen LogP contribution in [-0.4, -0.2) is 12.9 Å². The van der Waals surface area contributed by atoms with E-state index in [4.69, 9.17) is 4.74 Å². The van der Waals surface area contributed by atoms with Gasteiger partial charge < -0.3 is 4.74 Å². The van der Waals surface area contributed by atoms with Gasteiger partial charge in [0.2, 0.25) is 0 Å². The molecule has 0 bridgehead atoms. The molecule has 1 aromatic carbocycles. The van der Waals surface area contributed by atoms with E-state index >= 15 is 0 Å². The number of benzene rings is 1. The summed E-state index contributed by atoms with van der Waals surface area (Å²) in [6, 6.07) is 5.39. The normalized spacial score (nSPS) is 9.73. The van der Waals surface area contributed by atoms with Crippen molar-refractivity contribution in [3.8, 4) is 5.75 Å². The lowest BCUT2D eigenvalue weighted by Gasteiger charge is -2.09. The molecule has 0 aliphatic carbocycles. The predicted molar refractivity (Wildman–Crippen MR) is 64.5 cm³/mol. The van der Waals surface area contributed by atoms with E-state index in [1.807, 2.05) is 13.0 Å². The van der Waals surface area contributed by atoms with Gasteiger partial charge in [-0.3, -0.25) is 4.79 Å². The summed E-state index contributed by atoms with van der Waals surface area (Å²) in [4.78, 5) is 10.8. The smallest absolute Gasteiger partial charge is 0.153 e. The molecule has 0 saturated heterocycles. The fraction of sp³-hybridized carbons (Fsp3) is 0.250. The molecule has 1 aromatic rings. The maximum Gasteiger partial charge on any atom is 0.153 e. The molecule has 1 rings (SSSR count). The highest BCUT2D eigenvalue weighted by Crippen LogP contribution is 2.28. The van der Waals surface area contributed by atoms with Crippen molar-refractivity contribution in [1.82, 2.24) is 0 Å². The van der Waals surface area contributed by atoms with Gasteiger partial charge in [0.15, 0.2) is 6.29 Å². The van der Waals surface area contributed by atoms with E-state index < -0.39 is 0 Å². The van der Waals surface area contributed by atoms with Crippen LogP contribution in [0.25, 0.3) is 0 Å². The summed E-state index contributed by atoms with van der Waals surface area (Å²) in [6.45, 7) is 6.28. The fourth-order valence-corrected chi connectivity index (χ4v) is 1.59. The highest BCUT2D eigenvalue weighted by atomic mass is 79.9. The van der Waals surface area contributed by atoms with Crippen molar-refractivity contribution in [2.45, 2.75) is 13.3 Å². The summed E-state index contributed by atoms with van der Waals surface area (Å²) in [7, 11) is 0. The Balaban J connectivity index is 2.74. The first-order valence-corrected chi connectivity index (χ1v) is 5.45. The van der Waals surface area contributed by atoms with Crippen LogP contribution in [0.1, 0.15) is 23.7 Å². The van der Waals surface area contributed by atoms with Gasteiger partial charge in [0.05, 0.1) is 16.6 Å². The van der Waals surface area contributed by atoms with Crippen molar-refractivity contribution < 1.29 is 9.53 Å². The van der Waals surface area contributed by atoms with E-state index in [0.717, 1.165) is 22.8 Å². The second-order valence-electron chi connectivity index (χ2n) is 3.33. The minimum absolute atomic E-state index is 0.540. The zero-order valence-corrected chi connectivity index (χ0v) is 10.2. The van der Waals surface area contributed by atoms with Crippen LogP contribution in [0.2, 0.25) is 0 Å². The minimum atomic E-state index is 0.540. The highest BCUT2D eigenvalue weighted by molar-refractivity contribution is 9.10. The highest BCUT2D eigenvalue weighted by Gasteiger charge is 2.06. The molecule has 3 heteroatoms. The van der Waals surface area contributed by atoms with Crippen LogP contribution in [0.15, 0.2) is 34.8 Å². The predicted octanol–water partition coefficient (Wildman–Crippen LogP) is 3.61. The first-order valence-electron chi connectivity index (χ1n) is 4.66. The molecule has 80 valence electrons. The van der Waals surface area contributed by atoms with Crippen LogP contribution in [-0.2, 0) is 0 Å². The monoisotopic (exact) mass is 268 g/mol. The van der Waals surface area contributed by atoms with Crippen molar-refractivity contribution in [3.63, 3.8) is 0 Å². The number of rotatable bonds is 5. The summed E-state index contributed by atoms with van der Waals surface area (Å²) in [6.07, 6.45) is 1.58. The molecule has 0 heterocycles. The van der Waals surface area contributed by atoms with Crippen molar-refractivity contribution in [2.24, 2.45) is 0 Å². The largest absolute Gasteiger partial charge is 0.491 e. The Bertz CT molecular complexity index is 372. The molecule has 2 nitrogen and oxygen atoms in total. The summed E-state index contributed by atoms with van der Waals surface area (Å²) in [5.41, 5.74) is 1.63. The average Bonchev–Trinajstić information content (AvgIpc) is 2.20. The summed E-state index contributed by atoms with van der Waals surface area (Å²) < 4.78 is 6.33. The maximum absolute atomic E-state index is 10.8. The maximum atomic E-state index is 10.8. The second kappa shape index (κ2) is 5.71. The van der Waals surface area contributed by atoms with E-state index in [1.54, 1.807) is 12.1 Å². The molecule has 0 unspecified atom stereocenters. The summed E-state index contributed by atoms with van der Waals surface area (Å²) >= 11 is 3.35. The molecule has 0 amide bonds. The van der Waals surface area contributed by atoms with E-state index in [0.29, 0.717) is 17.9 Å². The Morgan fingerprint density at radius 2 is 2.33 bits per heavy atom. The van der Waals surface area contributed by atoms with Gasteiger partial charge in [-0.2, -0.15) is 0 Å².